The van der Waals surface area contributed by atoms with Gasteiger partial charge in [0, 0.05) is 76.5 Å². The second kappa shape index (κ2) is 31.6. The summed E-state index contributed by atoms with van der Waals surface area (Å²) in [4.78, 5) is 2.44. The highest BCUT2D eigenvalue weighted by molar-refractivity contribution is 9.10. The van der Waals surface area contributed by atoms with Gasteiger partial charge >= 0.3 is 0 Å². The van der Waals surface area contributed by atoms with Crippen LogP contribution in [0.2, 0.25) is 0 Å². The summed E-state index contributed by atoms with van der Waals surface area (Å²) in [5.74, 6) is 0. The molecule has 0 aliphatic heterocycles. The minimum Gasteiger partial charge on any atom is -0.455 e. The molecule has 22 rings (SSSR count). The monoisotopic (exact) mass is 1560 g/mol. The van der Waals surface area contributed by atoms with Crippen LogP contribution in [0.3, 0.4) is 0 Å². The van der Waals surface area contributed by atoms with Crippen LogP contribution < -0.4 is 10.2 Å². The summed E-state index contributed by atoms with van der Waals surface area (Å²) >= 11 is 3.58. The lowest BCUT2D eigenvalue weighted by Crippen LogP contribution is -2.12. The van der Waals surface area contributed by atoms with Gasteiger partial charge < -0.3 is 19.1 Å². The van der Waals surface area contributed by atoms with Gasteiger partial charge in [0.15, 0.2) is 0 Å². The standard InChI is InChI=1S/C56H37NO.C28H17BrO.C28H21N/c1-2-16-39(17-3-1)46-26-8-10-32-52(46)57(53-33-11-9-28-50(53)49-30-14-20-38-18-4-6-25-45(38)49)44-24-13-22-42(37-44)41-21-12-23-43(36-41)48-29-15-31-51-55-47-27-7-5-19-40(47)34-35-54(55)58-56(48)51;29-22-10-4-8-20(17-22)19-7-3-9-21(16-19)24-12-5-13-25-27-23-11-2-1-6-18(23)14-15-26(27)30-28(24)25;1-2-11-22(12-3-1)24-16-6-8-19-27(24)29-28-20-9-7-17-26(28)25-18-10-14-21-13-4-5-15-23(21)25/h1-37H;1-17H;1-20,29H. The number of anilines is 5. The molecule has 0 bridgehead atoms. The van der Waals surface area contributed by atoms with Crippen molar-refractivity contribution in [1.82, 2.24) is 0 Å². The van der Waals surface area contributed by atoms with Gasteiger partial charge in [-0.15, -0.1) is 0 Å². The molecule has 0 aliphatic carbocycles. The highest BCUT2D eigenvalue weighted by Crippen LogP contribution is 2.49. The summed E-state index contributed by atoms with van der Waals surface area (Å²) in [6.07, 6.45) is 0. The normalized spacial score (nSPS) is 11.3. The largest absolute Gasteiger partial charge is 0.455 e. The Morgan fingerprint density at radius 1 is 0.205 bits per heavy atom. The third kappa shape index (κ3) is 13.9. The van der Waals surface area contributed by atoms with Crippen LogP contribution in [0.15, 0.2) is 462 Å². The minimum atomic E-state index is 0.907. The number of para-hydroxylation sites is 6. The van der Waals surface area contributed by atoms with Crippen molar-refractivity contribution in [2.24, 2.45) is 0 Å². The van der Waals surface area contributed by atoms with Crippen molar-refractivity contribution in [2.75, 3.05) is 10.2 Å². The van der Waals surface area contributed by atoms with Crippen molar-refractivity contribution >= 4 is 131 Å². The van der Waals surface area contributed by atoms with E-state index in [0.717, 1.165) is 105 Å². The molecule has 552 valence electrons. The minimum absolute atomic E-state index is 0.907. The van der Waals surface area contributed by atoms with E-state index in [2.05, 4.69) is 469 Å². The molecule has 4 nitrogen and oxygen atoms in total. The van der Waals surface area contributed by atoms with Crippen LogP contribution in [0.1, 0.15) is 0 Å². The summed E-state index contributed by atoms with van der Waals surface area (Å²) in [5.41, 5.74) is 27.8. The Labute approximate surface area is 687 Å². The van der Waals surface area contributed by atoms with E-state index in [0.29, 0.717) is 0 Å². The molecule has 0 fully saturated rings. The predicted octanol–water partition coefficient (Wildman–Crippen LogP) is 32.8. The Hall–Kier alpha value is -14.9. The molecule has 5 heteroatoms. The highest BCUT2D eigenvalue weighted by Gasteiger charge is 2.24. The Balaban J connectivity index is 0.000000125. The lowest BCUT2D eigenvalue weighted by atomic mass is 9.94. The fraction of sp³-hybridized carbons (Fsp3) is 0. The van der Waals surface area contributed by atoms with Crippen LogP contribution in [-0.2, 0) is 0 Å². The average molecular weight is 1560 g/mol. The number of nitrogens with zero attached hydrogens (tertiary/aromatic N) is 1. The quantitative estimate of drug-likeness (QED) is 0.125. The van der Waals surface area contributed by atoms with Crippen LogP contribution in [-0.4, -0.2) is 0 Å². The Morgan fingerprint density at radius 2 is 0.538 bits per heavy atom. The SMILES string of the molecule is Brc1cccc(-c2cccc(-c3cccc4c3oc3ccc5ccccc5c34)c2)c1.c1ccc(-c2ccccc2N(c2cccc(-c3cccc(-c4cccc5c4oc4ccc6ccccc6c45)c3)c2)c2ccccc2-c2cccc3ccccc23)cc1.c1ccc(-c2ccccc2Nc2ccccc2-c2cccc3ccccc23)cc1. The zero-order valence-corrected chi connectivity index (χ0v) is 65.5. The molecule has 0 atom stereocenters. The molecular weight excluding hydrogens is 1490 g/mol. The Morgan fingerprint density at radius 3 is 1.09 bits per heavy atom. The first-order valence-corrected chi connectivity index (χ1v) is 40.5. The lowest BCUT2D eigenvalue weighted by Gasteiger charge is -2.30. The maximum absolute atomic E-state index is 6.66. The Kier molecular flexibility index (Phi) is 19.2. The molecule has 0 unspecified atom stereocenters. The Bertz CT molecular complexity index is 7450. The third-order valence-corrected chi connectivity index (χ3v) is 23.0. The molecule has 0 aliphatic rings. The van der Waals surface area contributed by atoms with E-state index in [1.54, 1.807) is 0 Å². The summed E-state index contributed by atoms with van der Waals surface area (Å²) in [6, 6.07) is 159. The van der Waals surface area contributed by atoms with E-state index in [9.17, 15) is 0 Å². The van der Waals surface area contributed by atoms with E-state index < -0.39 is 0 Å². The summed E-state index contributed by atoms with van der Waals surface area (Å²) in [6.45, 7) is 0. The molecule has 0 saturated carbocycles. The fourth-order valence-corrected chi connectivity index (χ4v) is 17.4. The van der Waals surface area contributed by atoms with Crippen molar-refractivity contribution in [3.8, 4) is 89.0 Å². The van der Waals surface area contributed by atoms with E-state index in [4.69, 9.17) is 8.83 Å². The van der Waals surface area contributed by atoms with Crippen LogP contribution in [0.4, 0.5) is 28.4 Å². The fourth-order valence-electron chi connectivity index (χ4n) is 17.0. The van der Waals surface area contributed by atoms with Crippen molar-refractivity contribution in [3.05, 3.63) is 453 Å². The van der Waals surface area contributed by atoms with Gasteiger partial charge in [-0.25, -0.2) is 0 Å². The molecular formula is C112H75BrN2O2. The zero-order valence-electron chi connectivity index (χ0n) is 63.9. The van der Waals surface area contributed by atoms with Crippen LogP contribution in [0.5, 0.6) is 0 Å². The first kappa shape index (κ1) is 71.2. The molecule has 0 saturated heterocycles. The van der Waals surface area contributed by atoms with Crippen molar-refractivity contribution < 1.29 is 8.83 Å². The number of benzene rings is 20. The molecule has 2 heterocycles. The van der Waals surface area contributed by atoms with Crippen molar-refractivity contribution in [1.29, 1.82) is 0 Å². The van der Waals surface area contributed by atoms with Crippen LogP contribution >= 0.6 is 15.9 Å². The number of halogens is 1. The summed E-state index contributed by atoms with van der Waals surface area (Å²) in [5, 5.41) is 18.2. The van der Waals surface area contributed by atoms with Crippen molar-refractivity contribution in [2.45, 2.75) is 0 Å². The van der Waals surface area contributed by atoms with Gasteiger partial charge in [0.1, 0.15) is 22.3 Å². The molecule has 2 aromatic heterocycles. The van der Waals surface area contributed by atoms with Crippen molar-refractivity contribution in [3.63, 3.8) is 0 Å². The first-order valence-electron chi connectivity index (χ1n) is 39.7. The number of hydrogen-bond donors (Lipinski definition) is 1. The average Bonchev–Trinajstić information content (AvgIpc) is 1.64. The number of furan rings is 2. The molecule has 0 radical (unpaired) electrons. The van der Waals surface area contributed by atoms with E-state index in [1.165, 1.54) is 104 Å². The topological polar surface area (TPSA) is 41.6 Å². The third-order valence-electron chi connectivity index (χ3n) is 22.5. The number of hydrogen-bond acceptors (Lipinski definition) is 4. The highest BCUT2D eigenvalue weighted by atomic mass is 79.9. The number of nitrogens with one attached hydrogen (secondary N) is 1. The van der Waals surface area contributed by atoms with Crippen LogP contribution in [0.25, 0.3) is 176 Å². The molecule has 0 amide bonds. The number of fused-ring (bicyclic) bond motifs is 12. The number of rotatable bonds is 13. The van der Waals surface area contributed by atoms with Gasteiger partial charge in [-0.1, -0.05) is 392 Å². The van der Waals surface area contributed by atoms with Gasteiger partial charge in [-0.05, 0) is 172 Å². The van der Waals surface area contributed by atoms with E-state index >= 15 is 0 Å². The molecule has 1 N–H and O–H groups in total. The lowest BCUT2D eigenvalue weighted by molar-refractivity contribution is 0.670. The van der Waals surface area contributed by atoms with Crippen LogP contribution in [0, 0.1) is 0 Å². The zero-order chi connectivity index (χ0) is 78.0. The van der Waals surface area contributed by atoms with E-state index in [-0.39, 0.29) is 0 Å². The molecule has 0 spiro atoms. The van der Waals surface area contributed by atoms with Gasteiger partial charge in [-0.3, -0.25) is 0 Å². The van der Waals surface area contributed by atoms with E-state index in [1.807, 2.05) is 6.07 Å². The smallest absolute Gasteiger partial charge is 0.143 e. The van der Waals surface area contributed by atoms with Gasteiger partial charge in [0.05, 0.1) is 11.4 Å². The predicted molar refractivity (Wildman–Crippen MR) is 500 cm³/mol. The summed E-state index contributed by atoms with van der Waals surface area (Å²) < 4.78 is 14.1. The second-order valence-corrected chi connectivity index (χ2v) is 30.4. The first-order chi connectivity index (χ1) is 58.0. The van der Waals surface area contributed by atoms with Gasteiger partial charge in [-0.2, -0.15) is 0 Å². The molecule has 20 aromatic carbocycles. The van der Waals surface area contributed by atoms with Gasteiger partial charge in [0.25, 0.3) is 0 Å². The van der Waals surface area contributed by atoms with Gasteiger partial charge in [0.2, 0.25) is 0 Å². The maximum Gasteiger partial charge on any atom is 0.143 e. The second-order valence-electron chi connectivity index (χ2n) is 29.5. The maximum atomic E-state index is 6.66. The molecule has 117 heavy (non-hydrogen) atoms. The summed E-state index contributed by atoms with van der Waals surface area (Å²) in [7, 11) is 0. The molecule has 22 aromatic rings.